The summed E-state index contributed by atoms with van der Waals surface area (Å²) in [5.41, 5.74) is 15.8. The maximum absolute atomic E-state index is 6.08. The summed E-state index contributed by atoms with van der Waals surface area (Å²) in [5, 5.41) is 3.47. The van der Waals surface area contributed by atoms with Gasteiger partial charge in [0.2, 0.25) is 0 Å². The normalized spacial score (nSPS) is 14.2. The number of aliphatic imine (C=N–C) groups is 1. The molecule has 1 fully saturated rings. The van der Waals surface area contributed by atoms with E-state index in [9.17, 15) is 0 Å². The highest BCUT2D eigenvalue weighted by Gasteiger charge is 2.23. The summed E-state index contributed by atoms with van der Waals surface area (Å²) in [6.07, 6.45) is 12.0. The van der Waals surface area contributed by atoms with Crippen molar-refractivity contribution in [3.8, 4) is 11.1 Å². The number of nitrogens with two attached hydrogens (primary N) is 1. The Kier molecular flexibility index (Phi) is 7.96. The van der Waals surface area contributed by atoms with Crippen LogP contribution in [0.25, 0.3) is 16.8 Å². The predicted molar refractivity (Wildman–Crippen MR) is 153 cm³/mol. The molecule has 0 radical (unpaired) electrons. The highest BCUT2D eigenvalue weighted by molar-refractivity contribution is 6.01. The number of pyridine rings is 1. The molecule has 4 heteroatoms. The second-order valence-corrected chi connectivity index (χ2v) is 9.30. The number of hydrogen-bond acceptors (Lipinski definition) is 4. The van der Waals surface area contributed by atoms with Crippen LogP contribution >= 0.6 is 0 Å². The van der Waals surface area contributed by atoms with Gasteiger partial charge in [-0.1, -0.05) is 67.8 Å². The van der Waals surface area contributed by atoms with Crippen molar-refractivity contribution in [1.82, 2.24) is 10.3 Å². The zero-order valence-electron chi connectivity index (χ0n) is 21.2. The first kappa shape index (κ1) is 24.9. The summed E-state index contributed by atoms with van der Waals surface area (Å²) >= 11 is 0. The third-order valence-electron chi connectivity index (χ3n) is 6.21. The Hall–Kier alpha value is -4.18. The molecule has 36 heavy (non-hydrogen) atoms. The molecule has 0 atom stereocenters. The third-order valence-corrected chi connectivity index (χ3v) is 6.21. The fraction of sp³-hybridized carbons (Fsp3) is 0.188. The van der Waals surface area contributed by atoms with E-state index in [-0.39, 0.29) is 0 Å². The van der Waals surface area contributed by atoms with E-state index in [4.69, 9.17) is 10.7 Å². The van der Waals surface area contributed by atoms with Crippen molar-refractivity contribution in [2.75, 3.05) is 6.54 Å². The Labute approximate surface area is 214 Å². The van der Waals surface area contributed by atoms with E-state index in [0.717, 1.165) is 56.2 Å². The Morgan fingerprint density at radius 1 is 1.11 bits per heavy atom. The fourth-order valence-electron chi connectivity index (χ4n) is 4.02. The predicted octanol–water partition coefficient (Wildman–Crippen LogP) is 7.12. The zero-order chi connectivity index (χ0) is 25.5. The summed E-state index contributed by atoms with van der Waals surface area (Å²) in [6, 6.07) is 18.6. The smallest absolute Gasteiger partial charge is 0.0732 e. The lowest BCUT2D eigenvalue weighted by Crippen LogP contribution is -2.14. The van der Waals surface area contributed by atoms with Gasteiger partial charge in [0.05, 0.1) is 5.69 Å². The molecule has 0 amide bonds. The summed E-state index contributed by atoms with van der Waals surface area (Å²) in [5.74, 6) is 0.563. The maximum atomic E-state index is 6.08. The minimum Gasteiger partial charge on any atom is -0.402 e. The molecule has 4 nitrogen and oxygen atoms in total. The van der Waals surface area contributed by atoms with E-state index in [1.807, 2.05) is 74.8 Å². The lowest BCUT2D eigenvalue weighted by Gasteiger charge is -2.17. The van der Waals surface area contributed by atoms with Gasteiger partial charge in [0.25, 0.3) is 0 Å². The van der Waals surface area contributed by atoms with Gasteiger partial charge in [-0.3, -0.25) is 9.98 Å². The first-order valence-corrected chi connectivity index (χ1v) is 12.3. The monoisotopic (exact) mass is 474 g/mol. The van der Waals surface area contributed by atoms with E-state index in [0.29, 0.717) is 12.5 Å². The van der Waals surface area contributed by atoms with Crippen LogP contribution in [0.2, 0.25) is 0 Å². The van der Waals surface area contributed by atoms with Crippen LogP contribution in [0.5, 0.6) is 0 Å². The van der Waals surface area contributed by atoms with Crippen LogP contribution in [-0.4, -0.2) is 17.2 Å². The Morgan fingerprint density at radius 3 is 2.61 bits per heavy atom. The highest BCUT2D eigenvalue weighted by Crippen LogP contribution is 2.35. The first-order valence-electron chi connectivity index (χ1n) is 12.3. The lowest BCUT2D eigenvalue weighted by molar-refractivity contribution is 0.977. The number of aromatic nitrogens is 1. The van der Waals surface area contributed by atoms with Crippen molar-refractivity contribution in [2.24, 2.45) is 16.6 Å². The van der Waals surface area contributed by atoms with Crippen molar-refractivity contribution in [3.05, 3.63) is 126 Å². The molecule has 4 rings (SSSR count). The number of aryl methyl sites for hydroxylation is 1. The molecule has 0 spiro atoms. The van der Waals surface area contributed by atoms with Crippen LogP contribution in [0, 0.1) is 12.8 Å². The van der Waals surface area contributed by atoms with E-state index in [1.54, 1.807) is 0 Å². The van der Waals surface area contributed by atoms with Gasteiger partial charge in [-0.25, -0.2) is 0 Å². The number of allylic oxidation sites excluding steroid dienone is 3. The minimum atomic E-state index is 0.563. The Bertz CT molecular complexity index is 1340. The van der Waals surface area contributed by atoms with E-state index in [2.05, 4.69) is 47.7 Å². The molecule has 3 N–H and O–H groups in total. The summed E-state index contributed by atoms with van der Waals surface area (Å²) in [6.45, 7) is 13.2. The number of nitrogens with one attached hydrogen (secondary N) is 1. The molecule has 3 aromatic rings. The minimum absolute atomic E-state index is 0.563. The maximum Gasteiger partial charge on any atom is 0.0732 e. The Balaban J connectivity index is 1.61. The van der Waals surface area contributed by atoms with E-state index < -0.39 is 0 Å². The molecular formula is C32H34N4. The molecule has 0 unspecified atom stereocenters. The molecular weight excluding hydrogens is 440 g/mol. The molecule has 1 aromatic heterocycles. The number of rotatable bonds is 10. The molecule has 0 aliphatic heterocycles. The van der Waals surface area contributed by atoms with Gasteiger partial charge >= 0.3 is 0 Å². The van der Waals surface area contributed by atoms with Crippen LogP contribution in [0.15, 0.2) is 115 Å². The van der Waals surface area contributed by atoms with Gasteiger partial charge in [-0.15, -0.1) is 0 Å². The van der Waals surface area contributed by atoms with Gasteiger partial charge < -0.3 is 11.1 Å². The van der Waals surface area contributed by atoms with Crippen molar-refractivity contribution in [1.29, 1.82) is 0 Å². The van der Waals surface area contributed by atoms with Crippen LogP contribution in [0.1, 0.15) is 36.5 Å². The quantitative estimate of drug-likeness (QED) is 0.243. The number of nitrogens with zero attached hydrogens (tertiary/aromatic N) is 2. The summed E-state index contributed by atoms with van der Waals surface area (Å²) in [4.78, 5) is 9.34. The molecule has 1 aliphatic carbocycles. The van der Waals surface area contributed by atoms with Crippen molar-refractivity contribution >= 4 is 17.1 Å². The summed E-state index contributed by atoms with van der Waals surface area (Å²) in [7, 11) is 0. The zero-order valence-corrected chi connectivity index (χ0v) is 21.2. The topological polar surface area (TPSA) is 63.3 Å². The Morgan fingerprint density at radius 2 is 1.89 bits per heavy atom. The molecule has 1 aliphatic rings. The molecule has 1 heterocycles. The average Bonchev–Trinajstić information content (AvgIpc) is 3.73. The standard InChI is InChI=1S/C32H34N4/c1-22(10-8-14-30(33)27-16-17-27)20-35-25(4)32-29(26-11-6-5-7-12-26)13-9-15-31(32)36-24(3)28-18-23(2)19-34-21-28/h5-15,18-19,21,27,35H,1,4,16-17,20,33H2,2-3H3/b10-8-,30-14-,36-24+. The number of hydrogen-bond donors (Lipinski definition) is 2. The van der Waals surface area contributed by atoms with Crippen LogP contribution < -0.4 is 11.1 Å². The van der Waals surface area contributed by atoms with Gasteiger partial charge in [-0.2, -0.15) is 0 Å². The van der Waals surface area contributed by atoms with Gasteiger partial charge in [0.15, 0.2) is 0 Å². The third kappa shape index (κ3) is 6.48. The second-order valence-electron chi connectivity index (χ2n) is 9.30. The fourth-order valence-corrected chi connectivity index (χ4v) is 4.02. The van der Waals surface area contributed by atoms with E-state index in [1.165, 1.54) is 12.8 Å². The van der Waals surface area contributed by atoms with Crippen LogP contribution in [-0.2, 0) is 0 Å². The largest absolute Gasteiger partial charge is 0.402 e. The highest BCUT2D eigenvalue weighted by atomic mass is 14.9. The summed E-state index contributed by atoms with van der Waals surface area (Å²) < 4.78 is 0. The first-order chi connectivity index (χ1) is 17.4. The van der Waals surface area contributed by atoms with Crippen molar-refractivity contribution < 1.29 is 0 Å². The molecule has 0 saturated heterocycles. The van der Waals surface area contributed by atoms with Crippen LogP contribution in [0.4, 0.5) is 5.69 Å². The SMILES string of the molecule is C=C(/C=C\C=C(/N)C1CC1)CNC(=C)c1c(/N=C(\C)c2cncc(C)c2)cccc1-c1ccccc1. The molecule has 2 aromatic carbocycles. The van der Waals surface area contributed by atoms with Crippen molar-refractivity contribution in [2.45, 2.75) is 26.7 Å². The molecule has 1 saturated carbocycles. The van der Waals surface area contributed by atoms with Gasteiger partial charge in [-0.05, 0) is 73.1 Å². The average molecular weight is 475 g/mol. The van der Waals surface area contributed by atoms with Crippen LogP contribution in [0.3, 0.4) is 0 Å². The number of benzene rings is 2. The van der Waals surface area contributed by atoms with Gasteiger partial charge in [0, 0.05) is 47.2 Å². The molecule has 0 bridgehead atoms. The van der Waals surface area contributed by atoms with Gasteiger partial charge in [0.1, 0.15) is 0 Å². The van der Waals surface area contributed by atoms with E-state index >= 15 is 0 Å². The second kappa shape index (κ2) is 11.5. The molecule has 182 valence electrons. The van der Waals surface area contributed by atoms with Crippen molar-refractivity contribution in [3.63, 3.8) is 0 Å². The lowest BCUT2D eigenvalue weighted by atomic mass is 9.96.